The maximum atomic E-state index is 10.4. The number of rotatable bonds is 3. The monoisotopic (exact) mass is 211 g/mol. The molecule has 1 rings (SSSR count). The zero-order valence-electron chi connectivity index (χ0n) is 8.64. The van der Waals surface area contributed by atoms with Gasteiger partial charge < -0.3 is 5.11 Å². The van der Waals surface area contributed by atoms with Gasteiger partial charge in [0.2, 0.25) is 0 Å². The lowest BCUT2D eigenvalue weighted by atomic mass is 10.1. The number of nitro benzene ring substituents is 1. The highest BCUT2D eigenvalue weighted by Crippen LogP contribution is 2.17. The van der Waals surface area contributed by atoms with Gasteiger partial charge in [-0.2, -0.15) is 0 Å². The molecule has 0 aliphatic heterocycles. The van der Waals surface area contributed by atoms with Gasteiger partial charge in [-0.3, -0.25) is 14.9 Å². The van der Waals surface area contributed by atoms with Crippen LogP contribution in [-0.4, -0.2) is 16.0 Å². The van der Waals surface area contributed by atoms with Crippen LogP contribution in [0.15, 0.2) is 24.3 Å². The lowest BCUT2D eigenvalue weighted by molar-refractivity contribution is -0.385. The minimum atomic E-state index is -1.07. The van der Waals surface area contributed by atoms with Gasteiger partial charge in [-0.05, 0) is 0 Å². The fourth-order valence-electron chi connectivity index (χ4n) is 1.00. The van der Waals surface area contributed by atoms with Gasteiger partial charge in [-0.25, -0.2) is 0 Å². The van der Waals surface area contributed by atoms with E-state index in [1.165, 1.54) is 18.2 Å². The van der Waals surface area contributed by atoms with E-state index in [1.54, 1.807) is 6.07 Å². The summed E-state index contributed by atoms with van der Waals surface area (Å²) in [5, 5.41) is 18.9. The summed E-state index contributed by atoms with van der Waals surface area (Å²) in [6, 6.07) is 5.80. The van der Waals surface area contributed by atoms with Gasteiger partial charge in [0.25, 0.3) is 5.69 Å². The third-order valence-electron chi connectivity index (χ3n) is 1.53. The Bertz CT molecular complexity index is 349. The van der Waals surface area contributed by atoms with Crippen LogP contribution >= 0.6 is 0 Å². The van der Waals surface area contributed by atoms with Crippen LogP contribution in [0.3, 0.4) is 0 Å². The molecule has 0 unspecified atom stereocenters. The third kappa shape index (κ3) is 4.21. The fourth-order valence-corrected chi connectivity index (χ4v) is 1.00. The predicted octanol–water partition coefficient (Wildman–Crippen LogP) is 2.25. The highest BCUT2D eigenvalue weighted by molar-refractivity contribution is 5.71. The SMILES string of the molecule is CC.O=C(O)Cc1ccccc1[N+](=O)[O-]. The molecular formula is C10H13NO4. The largest absolute Gasteiger partial charge is 0.481 e. The van der Waals surface area contributed by atoms with E-state index in [-0.39, 0.29) is 17.7 Å². The second-order valence-electron chi connectivity index (χ2n) is 2.46. The molecule has 1 aromatic rings. The summed E-state index contributed by atoms with van der Waals surface area (Å²) >= 11 is 0. The standard InChI is InChI=1S/C8H7NO4.C2H6/c10-8(11)5-6-3-1-2-4-7(6)9(12)13;1-2/h1-4H,5H2,(H,10,11);1-2H3. The summed E-state index contributed by atoms with van der Waals surface area (Å²) in [5.74, 6) is -1.07. The van der Waals surface area contributed by atoms with Crippen LogP contribution in [0.25, 0.3) is 0 Å². The van der Waals surface area contributed by atoms with Crippen molar-refractivity contribution in [3.63, 3.8) is 0 Å². The number of nitro groups is 1. The maximum absolute atomic E-state index is 10.4. The predicted molar refractivity (Wildman–Crippen MR) is 55.8 cm³/mol. The number of para-hydroxylation sites is 1. The van der Waals surface area contributed by atoms with Crippen LogP contribution in [0, 0.1) is 10.1 Å². The Kier molecular flexibility index (Phi) is 5.70. The summed E-state index contributed by atoms with van der Waals surface area (Å²) in [6.07, 6.45) is -0.322. The first-order valence-electron chi connectivity index (χ1n) is 4.55. The van der Waals surface area contributed by atoms with Gasteiger partial charge in [0.15, 0.2) is 0 Å². The Morgan fingerprint density at radius 2 is 1.93 bits per heavy atom. The summed E-state index contributed by atoms with van der Waals surface area (Å²) in [5.41, 5.74) is 0.0740. The van der Waals surface area contributed by atoms with Crippen molar-refractivity contribution < 1.29 is 14.8 Å². The second kappa shape index (κ2) is 6.53. The van der Waals surface area contributed by atoms with Gasteiger partial charge in [0.05, 0.1) is 11.3 Å². The van der Waals surface area contributed by atoms with Crippen molar-refractivity contribution in [2.75, 3.05) is 0 Å². The van der Waals surface area contributed by atoms with E-state index in [1.807, 2.05) is 13.8 Å². The van der Waals surface area contributed by atoms with Gasteiger partial charge in [-0.1, -0.05) is 32.0 Å². The molecule has 0 aliphatic rings. The van der Waals surface area contributed by atoms with Crippen molar-refractivity contribution >= 4 is 11.7 Å². The number of hydrogen-bond acceptors (Lipinski definition) is 3. The number of hydrogen-bond donors (Lipinski definition) is 1. The van der Waals surface area contributed by atoms with Crippen molar-refractivity contribution in [1.82, 2.24) is 0 Å². The van der Waals surface area contributed by atoms with E-state index in [0.717, 1.165) is 0 Å². The number of nitrogens with zero attached hydrogens (tertiary/aromatic N) is 1. The topological polar surface area (TPSA) is 80.4 Å². The van der Waals surface area contributed by atoms with Crippen LogP contribution in [-0.2, 0) is 11.2 Å². The molecule has 0 saturated carbocycles. The minimum Gasteiger partial charge on any atom is -0.481 e. The molecule has 0 bridgehead atoms. The zero-order chi connectivity index (χ0) is 11.8. The van der Waals surface area contributed by atoms with Crippen molar-refractivity contribution in [1.29, 1.82) is 0 Å². The van der Waals surface area contributed by atoms with E-state index in [0.29, 0.717) is 0 Å². The number of carbonyl (C=O) groups is 1. The van der Waals surface area contributed by atoms with E-state index in [2.05, 4.69) is 0 Å². The molecule has 1 aromatic carbocycles. The van der Waals surface area contributed by atoms with E-state index in [4.69, 9.17) is 5.11 Å². The first-order chi connectivity index (χ1) is 7.11. The lowest BCUT2D eigenvalue weighted by Crippen LogP contribution is -2.03. The molecule has 0 heterocycles. The number of benzene rings is 1. The first kappa shape index (κ1) is 13.1. The van der Waals surface area contributed by atoms with Crippen LogP contribution < -0.4 is 0 Å². The molecule has 0 spiro atoms. The summed E-state index contributed by atoms with van der Waals surface area (Å²) < 4.78 is 0. The molecule has 1 N–H and O–H groups in total. The zero-order valence-corrected chi connectivity index (χ0v) is 8.64. The van der Waals surface area contributed by atoms with Gasteiger partial charge in [0.1, 0.15) is 0 Å². The average Bonchev–Trinajstić information content (AvgIpc) is 2.20. The fraction of sp³-hybridized carbons (Fsp3) is 0.300. The molecule has 0 atom stereocenters. The summed E-state index contributed by atoms with van der Waals surface area (Å²) in [4.78, 5) is 20.2. The van der Waals surface area contributed by atoms with Crippen LogP contribution in [0.5, 0.6) is 0 Å². The molecule has 82 valence electrons. The molecule has 5 heteroatoms. The Labute approximate surface area is 87.5 Å². The highest BCUT2D eigenvalue weighted by Gasteiger charge is 2.14. The number of carboxylic acid groups (broad SMARTS) is 1. The third-order valence-corrected chi connectivity index (χ3v) is 1.53. The molecule has 15 heavy (non-hydrogen) atoms. The molecular weight excluding hydrogens is 198 g/mol. The smallest absolute Gasteiger partial charge is 0.308 e. The van der Waals surface area contributed by atoms with Crippen molar-refractivity contribution in [3.05, 3.63) is 39.9 Å². The Morgan fingerprint density at radius 3 is 2.40 bits per heavy atom. The number of aliphatic carboxylic acids is 1. The average molecular weight is 211 g/mol. The molecule has 0 amide bonds. The maximum Gasteiger partial charge on any atom is 0.308 e. The van der Waals surface area contributed by atoms with Gasteiger partial charge >= 0.3 is 5.97 Å². The Morgan fingerprint density at radius 1 is 1.40 bits per heavy atom. The van der Waals surface area contributed by atoms with Crippen molar-refractivity contribution in [2.45, 2.75) is 20.3 Å². The molecule has 0 aromatic heterocycles. The molecule has 5 nitrogen and oxygen atoms in total. The molecule has 0 saturated heterocycles. The lowest BCUT2D eigenvalue weighted by Gasteiger charge is -1.97. The van der Waals surface area contributed by atoms with Crippen LogP contribution in [0.2, 0.25) is 0 Å². The van der Waals surface area contributed by atoms with Crippen molar-refractivity contribution in [2.24, 2.45) is 0 Å². The molecule has 0 aliphatic carbocycles. The van der Waals surface area contributed by atoms with E-state index >= 15 is 0 Å². The normalized spacial score (nSPS) is 8.67. The Balaban J connectivity index is 0.000000921. The van der Waals surface area contributed by atoms with Crippen molar-refractivity contribution in [3.8, 4) is 0 Å². The summed E-state index contributed by atoms with van der Waals surface area (Å²) in [7, 11) is 0. The van der Waals surface area contributed by atoms with Gasteiger partial charge in [0, 0.05) is 11.6 Å². The van der Waals surface area contributed by atoms with Crippen LogP contribution in [0.4, 0.5) is 5.69 Å². The molecule has 0 radical (unpaired) electrons. The number of carboxylic acids is 1. The van der Waals surface area contributed by atoms with E-state index < -0.39 is 10.9 Å². The minimum absolute atomic E-state index is 0.148. The Hall–Kier alpha value is -1.91. The second-order valence-corrected chi connectivity index (χ2v) is 2.46. The van der Waals surface area contributed by atoms with Crippen LogP contribution in [0.1, 0.15) is 19.4 Å². The molecule has 0 fully saturated rings. The van der Waals surface area contributed by atoms with E-state index in [9.17, 15) is 14.9 Å². The van der Waals surface area contributed by atoms with Gasteiger partial charge in [-0.15, -0.1) is 0 Å². The first-order valence-corrected chi connectivity index (χ1v) is 4.55. The highest BCUT2D eigenvalue weighted by atomic mass is 16.6. The summed E-state index contributed by atoms with van der Waals surface area (Å²) in [6.45, 7) is 4.00. The quantitative estimate of drug-likeness (QED) is 0.614.